The number of rotatable bonds is 3. The molecule has 0 atom stereocenters. The molecule has 1 rings (SSSR count). The lowest BCUT2D eigenvalue weighted by molar-refractivity contribution is 0.387. The van der Waals surface area contributed by atoms with E-state index in [0.29, 0.717) is 5.22 Å². The molecule has 1 aromatic rings. The van der Waals surface area contributed by atoms with Gasteiger partial charge in [-0.3, -0.25) is 4.57 Å². The van der Waals surface area contributed by atoms with Crippen LogP contribution in [0.1, 0.15) is 13.8 Å². The molecule has 0 spiro atoms. The second-order valence-electron chi connectivity index (χ2n) is 3.16. The first-order chi connectivity index (χ1) is 8.49. The van der Waals surface area contributed by atoms with Gasteiger partial charge in [-0.2, -0.15) is 0 Å². The zero-order valence-corrected chi connectivity index (χ0v) is 11.6. The normalized spacial score (nSPS) is 12.7. The molecule has 0 saturated carbocycles. The van der Waals surface area contributed by atoms with Gasteiger partial charge in [-0.05, 0) is 22.6 Å². The maximum atomic E-state index is 11.1. The summed E-state index contributed by atoms with van der Waals surface area (Å²) in [5, 5.41) is 1.55. The van der Waals surface area contributed by atoms with Crippen LogP contribution in [-0.2, 0) is 4.57 Å². The number of allylic oxidation sites excluding steroid dienone is 2. The van der Waals surface area contributed by atoms with Crippen LogP contribution in [0.4, 0.5) is 0 Å². The zero-order chi connectivity index (χ0) is 14.2. The Morgan fingerprint density at radius 3 is 2.00 bits per heavy atom. The SMILES string of the molecule is C=C/C=c1/ccc(P(=O)(O)O)c/c1=C/C=C.CC. The first kappa shape index (κ1) is 16.6. The quantitative estimate of drug-likeness (QED) is 0.814. The third kappa shape index (κ3) is 4.84. The first-order valence-electron chi connectivity index (χ1n) is 5.60. The molecule has 1 aromatic carbocycles. The van der Waals surface area contributed by atoms with Crippen molar-refractivity contribution in [3.05, 3.63) is 53.9 Å². The molecule has 0 aliphatic carbocycles. The molecule has 0 bridgehead atoms. The Morgan fingerprint density at radius 2 is 1.56 bits per heavy atom. The minimum atomic E-state index is -4.20. The molecule has 0 aliphatic rings. The summed E-state index contributed by atoms with van der Waals surface area (Å²) in [6.45, 7) is 11.1. The molecule has 4 heteroatoms. The minimum absolute atomic E-state index is 0.00168. The van der Waals surface area contributed by atoms with Crippen LogP contribution in [0.3, 0.4) is 0 Å². The molecule has 0 unspecified atom stereocenters. The zero-order valence-electron chi connectivity index (χ0n) is 10.7. The summed E-state index contributed by atoms with van der Waals surface area (Å²) < 4.78 is 11.1. The largest absolute Gasteiger partial charge is 0.356 e. The highest BCUT2D eigenvalue weighted by Gasteiger charge is 2.15. The van der Waals surface area contributed by atoms with Crippen LogP contribution in [0.15, 0.2) is 43.5 Å². The summed E-state index contributed by atoms with van der Waals surface area (Å²) >= 11 is 0. The van der Waals surface area contributed by atoms with Crippen molar-refractivity contribution in [1.29, 1.82) is 0 Å². The maximum absolute atomic E-state index is 11.1. The third-order valence-electron chi connectivity index (χ3n) is 2.00. The Morgan fingerprint density at radius 1 is 1.06 bits per heavy atom. The van der Waals surface area contributed by atoms with E-state index in [4.69, 9.17) is 9.79 Å². The van der Waals surface area contributed by atoms with Crippen molar-refractivity contribution in [2.45, 2.75) is 13.8 Å². The summed E-state index contributed by atoms with van der Waals surface area (Å²) in [6.07, 6.45) is 6.64. The van der Waals surface area contributed by atoms with Gasteiger partial charge in [0.1, 0.15) is 0 Å². The van der Waals surface area contributed by atoms with E-state index in [1.54, 1.807) is 30.4 Å². The van der Waals surface area contributed by atoms with Crippen LogP contribution in [0.2, 0.25) is 0 Å². The summed E-state index contributed by atoms with van der Waals surface area (Å²) in [6, 6.07) is 4.51. The van der Waals surface area contributed by atoms with E-state index < -0.39 is 7.60 Å². The highest BCUT2D eigenvalue weighted by molar-refractivity contribution is 7.60. The van der Waals surface area contributed by atoms with Crippen LogP contribution in [0, 0.1) is 0 Å². The molecule has 0 saturated heterocycles. The topological polar surface area (TPSA) is 57.5 Å². The molecule has 2 N–H and O–H groups in total. The lowest BCUT2D eigenvalue weighted by Gasteiger charge is -2.03. The Bertz CT molecular complexity index is 567. The molecule has 0 aliphatic heterocycles. The molecule has 0 amide bonds. The van der Waals surface area contributed by atoms with Crippen LogP contribution >= 0.6 is 7.60 Å². The molecule has 3 nitrogen and oxygen atoms in total. The Balaban J connectivity index is 0.00000137. The average molecular weight is 266 g/mol. The minimum Gasteiger partial charge on any atom is -0.321 e. The van der Waals surface area contributed by atoms with E-state index in [9.17, 15) is 4.57 Å². The number of hydrogen-bond acceptors (Lipinski definition) is 1. The summed E-state index contributed by atoms with van der Waals surface area (Å²) in [4.78, 5) is 18.1. The molecule has 0 radical (unpaired) electrons. The van der Waals surface area contributed by atoms with Gasteiger partial charge in [0.2, 0.25) is 0 Å². The van der Waals surface area contributed by atoms with Crippen molar-refractivity contribution < 1.29 is 14.4 Å². The van der Waals surface area contributed by atoms with E-state index in [1.807, 2.05) is 13.8 Å². The molecular weight excluding hydrogens is 247 g/mol. The second kappa shape index (κ2) is 7.83. The van der Waals surface area contributed by atoms with Gasteiger partial charge in [0, 0.05) is 0 Å². The van der Waals surface area contributed by atoms with E-state index in [-0.39, 0.29) is 5.30 Å². The maximum Gasteiger partial charge on any atom is 0.356 e. The van der Waals surface area contributed by atoms with Crippen LogP contribution in [-0.4, -0.2) is 9.79 Å². The number of hydrogen-bond donors (Lipinski definition) is 2. The molecule has 18 heavy (non-hydrogen) atoms. The van der Waals surface area contributed by atoms with E-state index in [1.165, 1.54) is 12.1 Å². The number of benzene rings is 1. The predicted molar refractivity (Wildman–Crippen MR) is 78.0 cm³/mol. The summed E-state index contributed by atoms with van der Waals surface area (Å²) in [5.41, 5.74) is 0. The fraction of sp³-hybridized carbons (Fsp3) is 0.143. The Kier molecular flexibility index (Phi) is 7.21. The highest BCUT2D eigenvalue weighted by Crippen LogP contribution is 2.31. The van der Waals surface area contributed by atoms with Gasteiger partial charge in [-0.15, -0.1) is 0 Å². The van der Waals surface area contributed by atoms with Gasteiger partial charge >= 0.3 is 7.60 Å². The van der Waals surface area contributed by atoms with Crippen molar-refractivity contribution in [2.75, 3.05) is 0 Å². The van der Waals surface area contributed by atoms with Gasteiger partial charge in [0.25, 0.3) is 0 Å². The van der Waals surface area contributed by atoms with Crippen molar-refractivity contribution in [3.63, 3.8) is 0 Å². The van der Waals surface area contributed by atoms with Crippen LogP contribution in [0.25, 0.3) is 12.2 Å². The lowest BCUT2D eigenvalue weighted by Crippen LogP contribution is -2.28. The highest BCUT2D eigenvalue weighted by atomic mass is 31.2. The molecule has 0 fully saturated rings. The monoisotopic (exact) mass is 266 g/mol. The molecule has 0 aromatic heterocycles. The average Bonchev–Trinajstić information content (AvgIpc) is 2.33. The standard InChI is InChI=1S/C12H13O3P.C2H6/c1-3-5-10-7-8-12(16(13,14)15)9-11(10)6-4-2;1-2/h3-9H,1-2H2,(H2,13,14,15);1-2H3/b10-5-,11-6-;. The van der Waals surface area contributed by atoms with E-state index >= 15 is 0 Å². The van der Waals surface area contributed by atoms with Crippen molar-refractivity contribution in [1.82, 2.24) is 0 Å². The van der Waals surface area contributed by atoms with Gasteiger partial charge in [-0.1, -0.05) is 57.4 Å². The van der Waals surface area contributed by atoms with Gasteiger partial charge in [0.05, 0.1) is 5.30 Å². The lowest BCUT2D eigenvalue weighted by atomic mass is 10.2. The van der Waals surface area contributed by atoms with Crippen LogP contribution < -0.4 is 15.7 Å². The van der Waals surface area contributed by atoms with Gasteiger partial charge < -0.3 is 9.79 Å². The smallest absolute Gasteiger partial charge is 0.321 e. The first-order valence-corrected chi connectivity index (χ1v) is 7.22. The van der Waals surface area contributed by atoms with E-state index in [0.717, 1.165) is 5.22 Å². The van der Waals surface area contributed by atoms with Gasteiger partial charge in [0.15, 0.2) is 0 Å². The summed E-state index contributed by atoms with van der Waals surface area (Å²) in [5.74, 6) is 0. The second-order valence-corrected chi connectivity index (χ2v) is 4.77. The Hall–Kier alpha value is -1.41. The molecule has 98 valence electrons. The van der Waals surface area contributed by atoms with Crippen molar-refractivity contribution >= 4 is 25.1 Å². The van der Waals surface area contributed by atoms with E-state index in [2.05, 4.69) is 13.2 Å². The van der Waals surface area contributed by atoms with Gasteiger partial charge in [-0.25, -0.2) is 0 Å². The summed E-state index contributed by atoms with van der Waals surface area (Å²) in [7, 11) is -4.20. The molecular formula is C14H19O3P. The fourth-order valence-corrected chi connectivity index (χ4v) is 1.87. The Labute approximate surface area is 108 Å². The predicted octanol–water partition coefficient (Wildman–Crippen LogP) is 1.45. The van der Waals surface area contributed by atoms with Crippen molar-refractivity contribution in [3.8, 4) is 0 Å². The van der Waals surface area contributed by atoms with Crippen LogP contribution in [0.5, 0.6) is 0 Å². The van der Waals surface area contributed by atoms with Crippen molar-refractivity contribution in [2.24, 2.45) is 0 Å². The fourth-order valence-electron chi connectivity index (χ4n) is 1.29. The third-order valence-corrected chi connectivity index (χ3v) is 2.95. The molecule has 0 heterocycles.